The number of aromatic nitrogens is 1. The lowest BCUT2D eigenvalue weighted by Gasteiger charge is -2.18. The number of nitrogens with one attached hydrogen (secondary N) is 2. The molecule has 0 bridgehead atoms. The highest BCUT2D eigenvalue weighted by molar-refractivity contribution is 8.00. The summed E-state index contributed by atoms with van der Waals surface area (Å²) >= 11 is 1.44. The molecule has 1 aromatic carbocycles. The molecule has 1 saturated heterocycles. The minimum atomic E-state index is -1.10. The highest BCUT2D eigenvalue weighted by atomic mass is 32.2. The summed E-state index contributed by atoms with van der Waals surface area (Å²) in [6, 6.07) is 6.54. The van der Waals surface area contributed by atoms with Gasteiger partial charge >= 0.3 is 5.97 Å². The van der Waals surface area contributed by atoms with Gasteiger partial charge in [-0.1, -0.05) is 18.2 Å². The molecule has 0 radical (unpaired) electrons. The smallest absolute Gasteiger partial charge is 0.326 e. The summed E-state index contributed by atoms with van der Waals surface area (Å²) in [5, 5.41) is 12.8. The summed E-state index contributed by atoms with van der Waals surface area (Å²) in [5.41, 5.74) is 1.74. The van der Waals surface area contributed by atoms with Crippen LogP contribution in [0.15, 0.2) is 30.5 Å². The van der Waals surface area contributed by atoms with Crippen molar-refractivity contribution in [2.75, 3.05) is 18.2 Å². The largest absolute Gasteiger partial charge is 0.480 e. The lowest BCUT2D eigenvalue weighted by molar-refractivity contribution is -0.142. The molecule has 1 aromatic heterocycles. The molecule has 3 rings (SSSR count). The van der Waals surface area contributed by atoms with E-state index in [-0.39, 0.29) is 18.9 Å². The zero-order chi connectivity index (χ0) is 17.1. The van der Waals surface area contributed by atoms with Crippen LogP contribution in [0.5, 0.6) is 0 Å². The van der Waals surface area contributed by atoms with Crippen LogP contribution < -0.4 is 5.32 Å². The molecule has 2 amide bonds. The van der Waals surface area contributed by atoms with E-state index in [0.29, 0.717) is 11.6 Å². The van der Waals surface area contributed by atoms with Crippen molar-refractivity contribution in [3.63, 3.8) is 0 Å². The Balaban J connectivity index is 1.67. The molecule has 1 fully saturated rings. The molecule has 7 nitrogen and oxygen atoms in total. The quantitative estimate of drug-likeness (QED) is 0.718. The Labute approximate surface area is 142 Å². The van der Waals surface area contributed by atoms with E-state index in [1.165, 1.54) is 16.7 Å². The van der Waals surface area contributed by atoms with Crippen molar-refractivity contribution < 1.29 is 19.5 Å². The van der Waals surface area contributed by atoms with Crippen molar-refractivity contribution in [1.82, 2.24) is 15.2 Å². The van der Waals surface area contributed by atoms with Crippen LogP contribution in [-0.2, 0) is 20.8 Å². The zero-order valence-electron chi connectivity index (χ0n) is 12.8. The number of carbonyl (C=O) groups is 3. The zero-order valence-corrected chi connectivity index (χ0v) is 13.6. The Bertz CT molecular complexity index is 788. The number of carbonyl (C=O) groups excluding carboxylic acids is 2. The molecular weight excluding hydrogens is 330 g/mol. The Kier molecular flexibility index (Phi) is 4.75. The van der Waals surface area contributed by atoms with Gasteiger partial charge in [0.2, 0.25) is 11.8 Å². The van der Waals surface area contributed by atoms with Gasteiger partial charge in [-0.2, -0.15) is 0 Å². The van der Waals surface area contributed by atoms with Gasteiger partial charge in [0.1, 0.15) is 12.6 Å². The Morgan fingerprint density at radius 3 is 2.88 bits per heavy atom. The van der Waals surface area contributed by atoms with Crippen molar-refractivity contribution >= 4 is 40.4 Å². The number of benzene rings is 1. The van der Waals surface area contributed by atoms with Gasteiger partial charge < -0.3 is 20.3 Å². The van der Waals surface area contributed by atoms with Crippen LogP contribution in [0.4, 0.5) is 0 Å². The fourth-order valence-corrected chi connectivity index (χ4v) is 3.58. The molecule has 2 aromatic rings. The fourth-order valence-electron chi connectivity index (χ4n) is 2.67. The Morgan fingerprint density at radius 2 is 2.17 bits per heavy atom. The average molecular weight is 347 g/mol. The summed E-state index contributed by atoms with van der Waals surface area (Å²) in [6.45, 7) is -0.108. The van der Waals surface area contributed by atoms with E-state index < -0.39 is 17.9 Å². The number of para-hydroxylation sites is 1. The summed E-state index contributed by atoms with van der Waals surface area (Å²) in [5.74, 6) is -0.829. The minimum Gasteiger partial charge on any atom is -0.480 e. The van der Waals surface area contributed by atoms with Gasteiger partial charge in [-0.3, -0.25) is 9.59 Å². The SMILES string of the molecule is O=C(CN1CSCC1=O)NC(Cc1c[nH]c2ccccc12)C(=O)O. The van der Waals surface area contributed by atoms with Crippen LogP contribution in [0.25, 0.3) is 10.9 Å². The number of carboxylic acids is 1. The van der Waals surface area contributed by atoms with Gasteiger partial charge in [-0.05, 0) is 11.6 Å². The fraction of sp³-hybridized carbons (Fsp3) is 0.312. The number of thioether (sulfide) groups is 1. The van der Waals surface area contributed by atoms with Crippen LogP contribution in [0.2, 0.25) is 0 Å². The number of hydrogen-bond acceptors (Lipinski definition) is 4. The number of hydrogen-bond donors (Lipinski definition) is 3. The van der Waals surface area contributed by atoms with E-state index in [1.807, 2.05) is 24.3 Å². The standard InChI is InChI=1S/C16H17N3O4S/c20-14(7-19-9-24-8-15(19)21)18-13(16(22)23)5-10-6-17-12-4-2-1-3-11(10)12/h1-4,6,13,17H,5,7-9H2,(H,18,20)(H,22,23). The van der Waals surface area contributed by atoms with Crippen molar-refractivity contribution in [2.45, 2.75) is 12.5 Å². The summed E-state index contributed by atoms with van der Waals surface area (Å²) < 4.78 is 0. The number of aliphatic carboxylic acids is 1. The Hall–Kier alpha value is -2.48. The number of nitrogens with zero attached hydrogens (tertiary/aromatic N) is 1. The predicted octanol–water partition coefficient (Wildman–Crippen LogP) is 0.813. The van der Waals surface area contributed by atoms with E-state index in [4.69, 9.17) is 0 Å². The number of rotatable bonds is 6. The second kappa shape index (κ2) is 6.96. The molecule has 1 unspecified atom stereocenters. The third-order valence-electron chi connectivity index (χ3n) is 3.89. The maximum atomic E-state index is 12.1. The number of carboxylic acid groups (broad SMARTS) is 1. The van der Waals surface area contributed by atoms with E-state index in [2.05, 4.69) is 10.3 Å². The van der Waals surface area contributed by atoms with E-state index in [9.17, 15) is 19.5 Å². The lowest BCUT2D eigenvalue weighted by Crippen LogP contribution is -2.47. The first-order valence-electron chi connectivity index (χ1n) is 7.47. The van der Waals surface area contributed by atoms with Crippen LogP contribution in [0, 0.1) is 0 Å². The number of amides is 2. The highest BCUT2D eigenvalue weighted by Gasteiger charge is 2.26. The van der Waals surface area contributed by atoms with Crippen LogP contribution in [-0.4, -0.2) is 57.0 Å². The molecule has 1 aliphatic heterocycles. The van der Waals surface area contributed by atoms with Crippen molar-refractivity contribution in [1.29, 1.82) is 0 Å². The molecule has 1 atom stereocenters. The lowest BCUT2D eigenvalue weighted by atomic mass is 10.0. The third kappa shape index (κ3) is 3.53. The minimum absolute atomic E-state index is 0.0985. The van der Waals surface area contributed by atoms with Gasteiger partial charge in [-0.15, -0.1) is 11.8 Å². The molecule has 0 saturated carbocycles. The van der Waals surface area contributed by atoms with Gasteiger partial charge in [0.25, 0.3) is 0 Å². The molecule has 0 aliphatic carbocycles. The average Bonchev–Trinajstić information content (AvgIpc) is 3.14. The Morgan fingerprint density at radius 1 is 1.38 bits per heavy atom. The van der Waals surface area contributed by atoms with Crippen molar-refractivity contribution in [2.24, 2.45) is 0 Å². The first-order valence-corrected chi connectivity index (χ1v) is 8.63. The summed E-state index contributed by atoms with van der Waals surface area (Å²) in [7, 11) is 0. The van der Waals surface area contributed by atoms with Gasteiger partial charge in [0.05, 0.1) is 11.6 Å². The van der Waals surface area contributed by atoms with Crippen LogP contribution >= 0.6 is 11.8 Å². The topological polar surface area (TPSA) is 103 Å². The normalized spacial score (nSPS) is 15.7. The first kappa shape index (κ1) is 16.4. The summed E-state index contributed by atoms with van der Waals surface area (Å²) in [6.07, 6.45) is 1.93. The third-order valence-corrected chi connectivity index (χ3v) is 4.84. The van der Waals surface area contributed by atoms with Gasteiger partial charge in [0, 0.05) is 23.5 Å². The van der Waals surface area contributed by atoms with Crippen LogP contribution in [0.3, 0.4) is 0 Å². The number of aromatic amines is 1. The van der Waals surface area contributed by atoms with Crippen molar-refractivity contribution in [3.8, 4) is 0 Å². The molecule has 8 heteroatoms. The maximum Gasteiger partial charge on any atom is 0.326 e. The maximum absolute atomic E-state index is 12.1. The second-order valence-electron chi connectivity index (χ2n) is 5.59. The summed E-state index contributed by atoms with van der Waals surface area (Å²) in [4.78, 5) is 39.6. The number of H-pyrrole nitrogens is 1. The molecule has 2 heterocycles. The molecule has 24 heavy (non-hydrogen) atoms. The van der Waals surface area contributed by atoms with E-state index >= 15 is 0 Å². The first-order chi connectivity index (χ1) is 11.5. The van der Waals surface area contributed by atoms with E-state index in [0.717, 1.165) is 16.5 Å². The highest BCUT2D eigenvalue weighted by Crippen LogP contribution is 2.19. The molecule has 1 aliphatic rings. The predicted molar refractivity (Wildman–Crippen MR) is 90.6 cm³/mol. The van der Waals surface area contributed by atoms with Crippen LogP contribution in [0.1, 0.15) is 5.56 Å². The number of fused-ring (bicyclic) bond motifs is 1. The molecular formula is C16H17N3O4S. The second-order valence-corrected chi connectivity index (χ2v) is 6.55. The van der Waals surface area contributed by atoms with Crippen molar-refractivity contribution in [3.05, 3.63) is 36.0 Å². The molecule has 3 N–H and O–H groups in total. The molecule has 0 spiro atoms. The van der Waals surface area contributed by atoms with E-state index in [1.54, 1.807) is 6.20 Å². The molecule has 126 valence electrons. The van der Waals surface area contributed by atoms with Gasteiger partial charge in [-0.25, -0.2) is 4.79 Å². The van der Waals surface area contributed by atoms with Gasteiger partial charge in [0.15, 0.2) is 0 Å². The monoisotopic (exact) mass is 347 g/mol.